The van der Waals surface area contributed by atoms with Crippen LogP contribution >= 0.6 is 27.5 Å². The Kier molecular flexibility index (Phi) is 4.07. The third kappa shape index (κ3) is 2.73. The summed E-state index contributed by atoms with van der Waals surface area (Å²) in [7, 11) is 1.92. The van der Waals surface area contributed by atoms with E-state index < -0.39 is 0 Å². The summed E-state index contributed by atoms with van der Waals surface area (Å²) in [6, 6.07) is 14.2. The van der Waals surface area contributed by atoms with Gasteiger partial charge in [0.1, 0.15) is 11.3 Å². The quantitative estimate of drug-likeness (QED) is 0.667. The van der Waals surface area contributed by atoms with Crippen molar-refractivity contribution >= 4 is 38.5 Å². The summed E-state index contributed by atoms with van der Waals surface area (Å²) in [6.07, 6.45) is 0. The van der Waals surface area contributed by atoms with Gasteiger partial charge in [0.15, 0.2) is 0 Å². The Morgan fingerprint density at radius 3 is 2.67 bits per heavy atom. The molecule has 1 heterocycles. The molecule has 2 aromatic carbocycles. The van der Waals surface area contributed by atoms with Crippen LogP contribution in [0.4, 0.5) is 0 Å². The van der Waals surface area contributed by atoms with Crippen molar-refractivity contribution in [2.75, 3.05) is 7.05 Å². The van der Waals surface area contributed by atoms with E-state index in [9.17, 15) is 0 Å². The molecule has 21 heavy (non-hydrogen) atoms. The molecule has 0 saturated carbocycles. The zero-order valence-corrected chi connectivity index (χ0v) is 14.1. The van der Waals surface area contributed by atoms with Crippen LogP contribution in [-0.2, 0) is 0 Å². The maximum absolute atomic E-state index is 6.20. The topological polar surface area (TPSA) is 25.2 Å². The van der Waals surface area contributed by atoms with E-state index in [4.69, 9.17) is 16.0 Å². The molecule has 0 radical (unpaired) electrons. The first-order valence-corrected chi connectivity index (χ1v) is 7.88. The third-order valence-corrected chi connectivity index (χ3v) is 4.84. The summed E-state index contributed by atoms with van der Waals surface area (Å²) in [6.45, 7) is 2.06. The molecule has 0 spiro atoms. The first-order chi connectivity index (χ1) is 10.1. The lowest BCUT2D eigenvalue weighted by Gasteiger charge is -2.14. The van der Waals surface area contributed by atoms with Crippen molar-refractivity contribution in [2.45, 2.75) is 13.0 Å². The number of hydrogen-bond donors (Lipinski definition) is 1. The van der Waals surface area contributed by atoms with Gasteiger partial charge >= 0.3 is 0 Å². The summed E-state index contributed by atoms with van der Waals surface area (Å²) in [4.78, 5) is 0. The summed E-state index contributed by atoms with van der Waals surface area (Å²) in [5.41, 5.74) is 3.15. The normalized spacial score (nSPS) is 12.8. The van der Waals surface area contributed by atoms with E-state index in [-0.39, 0.29) is 6.04 Å². The van der Waals surface area contributed by atoms with Gasteiger partial charge in [-0.05, 0) is 59.2 Å². The van der Waals surface area contributed by atoms with Crippen LogP contribution in [0.15, 0.2) is 51.4 Å². The Morgan fingerprint density at radius 1 is 1.19 bits per heavy atom. The first-order valence-electron chi connectivity index (χ1n) is 6.71. The number of furan rings is 1. The van der Waals surface area contributed by atoms with Gasteiger partial charge in [0.25, 0.3) is 0 Å². The number of benzene rings is 2. The minimum Gasteiger partial charge on any atom is -0.459 e. The maximum atomic E-state index is 6.20. The fourth-order valence-corrected chi connectivity index (χ4v) is 2.97. The molecule has 3 aromatic rings. The SMILES string of the molecule is CNC(c1ccc(Br)c(Cl)c1)c1cc2cccc(C)c2o1. The Morgan fingerprint density at radius 2 is 2.00 bits per heavy atom. The molecule has 108 valence electrons. The van der Waals surface area contributed by atoms with Crippen molar-refractivity contribution in [1.82, 2.24) is 5.32 Å². The summed E-state index contributed by atoms with van der Waals surface area (Å²) < 4.78 is 6.95. The van der Waals surface area contributed by atoms with E-state index in [1.165, 1.54) is 0 Å². The van der Waals surface area contributed by atoms with Crippen LogP contribution < -0.4 is 5.32 Å². The lowest BCUT2D eigenvalue weighted by Crippen LogP contribution is -2.16. The highest BCUT2D eigenvalue weighted by atomic mass is 79.9. The van der Waals surface area contributed by atoms with Crippen molar-refractivity contribution in [2.24, 2.45) is 0 Å². The van der Waals surface area contributed by atoms with Gasteiger partial charge in [0.05, 0.1) is 11.1 Å². The minimum absolute atomic E-state index is 0.0256. The molecule has 1 unspecified atom stereocenters. The van der Waals surface area contributed by atoms with Crippen LogP contribution in [0.2, 0.25) is 5.02 Å². The predicted molar refractivity (Wildman–Crippen MR) is 91.0 cm³/mol. The standard InChI is InChI=1S/C17H15BrClNO/c1-10-4-3-5-12-9-15(21-17(10)12)16(20-2)11-6-7-13(18)14(19)8-11/h3-9,16,20H,1-2H3. The molecular formula is C17H15BrClNO. The Balaban J connectivity index is 2.09. The summed E-state index contributed by atoms with van der Waals surface area (Å²) in [5, 5.41) is 5.11. The van der Waals surface area contributed by atoms with E-state index in [0.29, 0.717) is 5.02 Å². The van der Waals surface area contributed by atoms with E-state index in [1.807, 2.05) is 31.3 Å². The molecule has 0 aliphatic carbocycles. The largest absolute Gasteiger partial charge is 0.459 e. The fourth-order valence-electron chi connectivity index (χ4n) is 2.54. The van der Waals surface area contributed by atoms with Crippen LogP contribution in [0.3, 0.4) is 0 Å². The van der Waals surface area contributed by atoms with Crippen molar-refractivity contribution in [1.29, 1.82) is 0 Å². The molecule has 2 nitrogen and oxygen atoms in total. The minimum atomic E-state index is -0.0256. The van der Waals surface area contributed by atoms with Gasteiger partial charge in [-0.1, -0.05) is 35.9 Å². The van der Waals surface area contributed by atoms with Crippen molar-refractivity contribution < 1.29 is 4.42 Å². The third-order valence-electron chi connectivity index (χ3n) is 3.61. The van der Waals surface area contributed by atoms with Crippen LogP contribution in [0.25, 0.3) is 11.0 Å². The molecule has 3 rings (SSSR count). The molecular weight excluding hydrogens is 350 g/mol. The van der Waals surface area contributed by atoms with Crippen molar-refractivity contribution in [3.63, 3.8) is 0 Å². The predicted octanol–water partition coefficient (Wildman–Crippen LogP) is 5.47. The molecule has 0 saturated heterocycles. The second kappa shape index (κ2) is 5.84. The molecule has 4 heteroatoms. The summed E-state index contributed by atoms with van der Waals surface area (Å²) >= 11 is 9.62. The lowest BCUT2D eigenvalue weighted by molar-refractivity contribution is 0.490. The van der Waals surface area contributed by atoms with E-state index in [2.05, 4.69) is 46.4 Å². The van der Waals surface area contributed by atoms with Crippen LogP contribution in [0.1, 0.15) is 22.9 Å². The van der Waals surface area contributed by atoms with E-state index in [1.54, 1.807) is 0 Å². The van der Waals surface area contributed by atoms with Gasteiger partial charge in [0.2, 0.25) is 0 Å². The zero-order chi connectivity index (χ0) is 15.0. The van der Waals surface area contributed by atoms with Crippen molar-refractivity contribution in [3.8, 4) is 0 Å². The first kappa shape index (κ1) is 14.6. The van der Waals surface area contributed by atoms with Crippen LogP contribution in [0, 0.1) is 6.92 Å². The second-order valence-electron chi connectivity index (χ2n) is 5.04. The number of hydrogen-bond acceptors (Lipinski definition) is 2. The molecule has 0 fully saturated rings. The Labute approximate surface area is 137 Å². The second-order valence-corrected chi connectivity index (χ2v) is 6.30. The molecule has 0 aliphatic heterocycles. The number of halogens is 2. The Hall–Kier alpha value is -1.29. The average molecular weight is 365 g/mol. The van der Waals surface area contributed by atoms with Crippen LogP contribution in [0.5, 0.6) is 0 Å². The molecule has 1 aromatic heterocycles. The molecule has 0 aliphatic rings. The average Bonchev–Trinajstić information content (AvgIpc) is 2.89. The smallest absolute Gasteiger partial charge is 0.137 e. The number of para-hydroxylation sites is 1. The Bertz CT molecular complexity index is 797. The highest BCUT2D eigenvalue weighted by Gasteiger charge is 2.18. The van der Waals surface area contributed by atoms with Gasteiger partial charge in [-0.25, -0.2) is 0 Å². The van der Waals surface area contributed by atoms with Gasteiger partial charge in [0, 0.05) is 9.86 Å². The zero-order valence-electron chi connectivity index (χ0n) is 11.8. The molecule has 0 amide bonds. The highest BCUT2D eigenvalue weighted by molar-refractivity contribution is 9.10. The monoisotopic (exact) mass is 363 g/mol. The number of nitrogens with one attached hydrogen (secondary N) is 1. The van der Waals surface area contributed by atoms with Gasteiger partial charge in [-0.2, -0.15) is 0 Å². The maximum Gasteiger partial charge on any atom is 0.137 e. The lowest BCUT2D eigenvalue weighted by atomic mass is 10.0. The fraction of sp³-hybridized carbons (Fsp3) is 0.176. The molecule has 1 atom stereocenters. The molecule has 0 bridgehead atoms. The van der Waals surface area contributed by atoms with Crippen molar-refractivity contribution in [3.05, 3.63) is 68.8 Å². The van der Waals surface area contributed by atoms with Crippen LogP contribution in [-0.4, -0.2) is 7.05 Å². The number of fused-ring (bicyclic) bond motifs is 1. The van der Waals surface area contributed by atoms with Gasteiger partial charge in [-0.3, -0.25) is 0 Å². The van der Waals surface area contributed by atoms with E-state index in [0.717, 1.165) is 32.3 Å². The summed E-state index contributed by atoms with van der Waals surface area (Å²) in [5.74, 6) is 0.889. The highest BCUT2D eigenvalue weighted by Crippen LogP contribution is 2.32. The molecule has 1 N–H and O–H groups in total. The number of rotatable bonds is 3. The van der Waals surface area contributed by atoms with Gasteiger partial charge < -0.3 is 9.73 Å². The van der Waals surface area contributed by atoms with E-state index >= 15 is 0 Å². The van der Waals surface area contributed by atoms with Gasteiger partial charge in [-0.15, -0.1) is 0 Å². The number of aryl methyl sites for hydroxylation is 1.